The van der Waals surface area contributed by atoms with Crippen LogP contribution in [0.1, 0.15) is 38.9 Å². The summed E-state index contributed by atoms with van der Waals surface area (Å²) in [5.74, 6) is 1.75. The highest BCUT2D eigenvalue weighted by molar-refractivity contribution is 9.10. The topological polar surface area (TPSA) is 47.0 Å². The third-order valence-corrected chi connectivity index (χ3v) is 3.56. The minimum absolute atomic E-state index is 0.0532. The zero-order valence-electron chi connectivity index (χ0n) is 11.0. The van der Waals surface area contributed by atoms with Gasteiger partial charge < -0.3 is 10.1 Å². The van der Waals surface area contributed by atoms with Gasteiger partial charge in [-0.25, -0.2) is 9.97 Å². The molecule has 18 heavy (non-hydrogen) atoms. The van der Waals surface area contributed by atoms with E-state index in [-0.39, 0.29) is 5.60 Å². The first-order valence-corrected chi connectivity index (χ1v) is 7.32. The van der Waals surface area contributed by atoms with E-state index in [0.29, 0.717) is 0 Å². The van der Waals surface area contributed by atoms with Gasteiger partial charge >= 0.3 is 0 Å². The maximum atomic E-state index is 5.75. The molecule has 0 amide bonds. The highest BCUT2D eigenvalue weighted by Gasteiger charge is 2.29. The van der Waals surface area contributed by atoms with Crippen LogP contribution in [0.2, 0.25) is 0 Å². The zero-order chi connectivity index (χ0) is 13.0. The van der Waals surface area contributed by atoms with Crippen molar-refractivity contribution >= 4 is 21.7 Å². The van der Waals surface area contributed by atoms with Crippen molar-refractivity contribution in [2.45, 2.75) is 45.1 Å². The maximum absolute atomic E-state index is 5.75. The monoisotopic (exact) mass is 313 g/mol. The van der Waals surface area contributed by atoms with Gasteiger partial charge in [0.1, 0.15) is 16.2 Å². The fraction of sp³-hybridized carbons (Fsp3) is 0.692. The second-order valence-corrected chi connectivity index (χ2v) is 5.81. The number of nitrogens with one attached hydrogen (secondary N) is 1. The molecule has 5 heteroatoms. The highest BCUT2D eigenvalue weighted by Crippen LogP contribution is 2.25. The summed E-state index contributed by atoms with van der Waals surface area (Å²) >= 11 is 3.43. The number of aromatic nitrogens is 2. The number of aryl methyl sites for hydroxylation is 1. The van der Waals surface area contributed by atoms with Crippen molar-refractivity contribution < 1.29 is 4.74 Å². The van der Waals surface area contributed by atoms with Crippen molar-refractivity contribution in [1.29, 1.82) is 0 Å². The summed E-state index contributed by atoms with van der Waals surface area (Å²) in [4.78, 5) is 8.86. The molecule has 0 bridgehead atoms. The molecule has 2 heterocycles. The van der Waals surface area contributed by atoms with Crippen LogP contribution in [-0.4, -0.2) is 28.7 Å². The normalized spacial score (nSPS) is 23.3. The van der Waals surface area contributed by atoms with Gasteiger partial charge in [-0.1, -0.05) is 6.92 Å². The molecule has 1 aliphatic rings. The predicted octanol–water partition coefficient (Wildman–Crippen LogP) is 3.17. The molecule has 1 atom stereocenters. The van der Waals surface area contributed by atoms with Gasteiger partial charge in [0.05, 0.1) is 5.60 Å². The van der Waals surface area contributed by atoms with Crippen molar-refractivity contribution in [2.24, 2.45) is 0 Å². The van der Waals surface area contributed by atoms with Crippen LogP contribution in [0.15, 0.2) is 10.7 Å². The summed E-state index contributed by atoms with van der Waals surface area (Å²) in [5.41, 5.74) is -0.0532. The average molecular weight is 314 g/mol. The van der Waals surface area contributed by atoms with Crippen molar-refractivity contribution in [3.05, 3.63) is 16.5 Å². The van der Waals surface area contributed by atoms with Crippen molar-refractivity contribution in [3.8, 4) is 0 Å². The molecule has 1 N–H and O–H groups in total. The Kier molecular flexibility index (Phi) is 4.56. The van der Waals surface area contributed by atoms with Gasteiger partial charge in [-0.2, -0.15) is 0 Å². The molecule has 0 aromatic carbocycles. The van der Waals surface area contributed by atoms with E-state index in [2.05, 4.69) is 45.1 Å². The summed E-state index contributed by atoms with van der Waals surface area (Å²) in [7, 11) is 0. The number of nitrogens with zero attached hydrogens (tertiary/aromatic N) is 2. The first-order valence-electron chi connectivity index (χ1n) is 6.52. The molecule has 100 valence electrons. The second kappa shape index (κ2) is 5.97. The van der Waals surface area contributed by atoms with Crippen molar-refractivity contribution in [1.82, 2.24) is 9.97 Å². The minimum atomic E-state index is -0.0532. The average Bonchev–Trinajstić information content (AvgIpc) is 2.74. The number of halogens is 1. The Morgan fingerprint density at radius 1 is 1.50 bits per heavy atom. The lowest BCUT2D eigenvalue weighted by Crippen LogP contribution is -2.32. The van der Waals surface area contributed by atoms with E-state index in [1.54, 1.807) is 0 Å². The Balaban J connectivity index is 2.00. The fourth-order valence-electron chi connectivity index (χ4n) is 2.14. The number of ether oxygens (including phenoxy) is 1. The standard InChI is InChI=1S/C13H20BrN3O/c1-3-5-11-16-10(14)8-12(17-11)15-9-13(2)6-4-7-18-13/h8H,3-7,9H2,1-2H3,(H,15,16,17). The fourth-order valence-corrected chi connectivity index (χ4v) is 2.57. The number of hydrogen-bond acceptors (Lipinski definition) is 4. The number of hydrogen-bond donors (Lipinski definition) is 1. The van der Waals surface area contributed by atoms with Crippen LogP contribution in [0.25, 0.3) is 0 Å². The molecule has 1 unspecified atom stereocenters. The Hall–Kier alpha value is -0.680. The smallest absolute Gasteiger partial charge is 0.132 e. The van der Waals surface area contributed by atoms with E-state index < -0.39 is 0 Å². The molecular weight excluding hydrogens is 294 g/mol. The summed E-state index contributed by atoms with van der Waals surface area (Å²) in [5, 5.41) is 3.36. The Labute approximate surface area is 117 Å². The number of rotatable bonds is 5. The SMILES string of the molecule is CCCc1nc(Br)cc(NCC2(C)CCCO2)n1. The van der Waals surface area contributed by atoms with Crippen LogP contribution in [0, 0.1) is 0 Å². The van der Waals surface area contributed by atoms with Gasteiger partial charge in [-0.3, -0.25) is 0 Å². The lowest BCUT2D eigenvalue weighted by molar-refractivity contribution is 0.0314. The molecule has 0 aliphatic carbocycles. The van der Waals surface area contributed by atoms with Gasteiger partial charge in [0.2, 0.25) is 0 Å². The summed E-state index contributed by atoms with van der Waals surface area (Å²) in [6.07, 6.45) is 4.21. The van der Waals surface area contributed by atoms with Gasteiger partial charge in [-0.05, 0) is 42.1 Å². The van der Waals surface area contributed by atoms with Gasteiger partial charge in [0.15, 0.2) is 0 Å². The molecule has 1 saturated heterocycles. The maximum Gasteiger partial charge on any atom is 0.132 e. The molecule has 4 nitrogen and oxygen atoms in total. The number of anilines is 1. The van der Waals surface area contributed by atoms with Crippen LogP contribution in [0.4, 0.5) is 5.82 Å². The zero-order valence-corrected chi connectivity index (χ0v) is 12.6. The van der Waals surface area contributed by atoms with Crippen LogP contribution in [0.5, 0.6) is 0 Å². The lowest BCUT2D eigenvalue weighted by atomic mass is 10.0. The van der Waals surface area contributed by atoms with E-state index in [4.69, 9.17) is 4.74 Å². The van der Waals surface area contributed by atoms with Crippen LogP contribution in [-0.2, 0) is 11.2 Å². The molecule has 1 fully saturated rings. The molecule has 0 spiro atoms. The van der Waals surface area contributed by atoms with Gasteiger partial charge in [0.25, 0.3) is 0 Å². The molecule has 0 radical (unpaired) electrons. The summed E-state index contributed by atoms with van der Waals surface area (Å²) in [6.45, 7) is 5.94. The van der Waals surface area contributed by atoms with Crippen molar-refractivity contribution in [2.75, 3.05) is 18.5 Å². The van der Waals surface area contributed by atoms with E-state index in [9.17, 15) is 0 Å². The molecular formula is C13H20BrN3O. The third-order valence-electron chi connectivity index (χ3n) is 3.16. The molecule has 1 aromatic heterocycles. The minimum Gasteiger partial charge on any atom is -0.373 e. The van der Waals surface area contributed by atoms with Crippen LogP contribution >= 0.6 is 15.9 Å². The quantitative estimate of drug-likeness (QED) is 0.848. The predicted molar refractivity (Wildman–Crippen MR) is 75.8 cm³/mol. The summed E-state index contributed by atoms with van der Waals surface area (Å²) in [6, 6.07) is 1.91. The Bertz CT molecular complexity index is 405. The molecule has 1 aromatic rings. The third kappa shape index (κ3) is 3.65. The Morgan fingerprint density at radius 2 is 2.33 bits per heavy atom. The van der Waals surface area contributed by atoms with Crippen LogP contribution in [0.3, 0.4) is 0 Å². The summed E-state index contributed by atoms with van der Waals surface area (Å²) < 4.78 is 6.59. The lowest BCUT2D eigenvalue weighted by Gasteiger charge is -2.23. The van der Waals surface area contributed by atoms with Crippen molar-refractivity contribution in [3.63, 3.8) is 0 Å². The first kappa shape index (κ1) is 13.7. The Morgan fingerprint density at radius 3 is 3.00 bits per heavy atom. The molecule has 0 saturated carbocycles. The highest BCUT2D eigenvalue weighted by atomic mass is 79.9. The largest absolute Gasteiger partial charge is 0.373 e. The molecule has 2 rings (SSSR count). The molecule has 1 aliphatic heterocycles. The van der Waals surface area contributed by atoms with E-state index in [1.165, 1.54) is 0 Å². The second-order valence-electron chi connectivity index (χ2n) is 5.00. The van der Waals surface area contributed by atoms with Gasteiger partial charge in [-0.15, -0.1) is 0 Å². The van der Waals surface area contributed by atoms with E-state index >= 15 is 0 Å². The van der Waals surface area contributed by atoms with Gasteiger partial charge in [0, 0.05) is 25.6 Å². The first-order chi connectivity index (χ1) is 8.61. The van der Waals surface area contributed by atoms with E-state index in [0.717, 1.165) is 55.1 Å². The van der Waals surface area contributed by atoms with E-state index in [1.807, 2.05) is 6.07 Å². The van der Waals surface area contributed by atoms with Crippen LogP contribution < -0.4 is 5.32 Å².